The van der Waals surface area contributed by atoms with Crippen molar-refractivity contribution in [3.05, 3.63) is 58.9 Å². The third kappa shape index (κ3) is 4.42. The molecule has 27 heavy (non-hydrogen) atoms. The van der Waals surface area contributed by atoms with Gasteiger partial charge >= 0.3 is 0 Å². The maximum atomic E-state index is 12.7. The number of fused-ring (bicyclic) bond motifs is 1. The lowest BCUT2D eigenvalue weighted by molar-refractivity contribution is -0.122. The third-order valence-electron chi connectivity index (χ3n) is 4.84. The molecule has 0 saturated carbocycles. The Morgan fingerprint density at radius 3 is 2.81 bits per heavy atom. The average molecular weight is 386 g/mol. The number of amides is 1. The van der Waals surface area contributed by atoms with Gasteiger partial charge in [0.2, 0.25) is 11.8 Å². The van der Waals surface area contributed by atoms with E-state index in [0.717, 1.165) is 28.6 Å². The number of hydrogen-bond donors (Lipinski definition) is 2. The van der Waals surface area contributed by atoms with Gasteiger partial charge in [-0.2, -0.15) is 0 Å². The van der Waals surface area contributed by atoms with E-state index in [9.17, 15) is 4.79 Å². The molecule has 0 saturated heterocycles. The first-order valence-corrected chi connectivity index (χ1v) is 9.40. The second kappa shape index (κ2) is 8.01. The van der Waals surface area contributed by atoms with Crippen LogP contribution < -0.4 is 10.1 Å². The topological polar surface area (TPSA) is 67.0 Å². The van der Waals surface area contributed by atoms with Crippen molar-refractivity contribution in [3.63, 3.8) is 0 Å². The normalized spacial score (nSPS) is 13.3. The first-order chi connectivity index (χ1) is 12.9. The van der Waals surface area contributed by atoms with Crippen LogP contribution >= 0.6 is 11.6 Å². The zero-order chi connectivity index (χ0) is 19.4. The average Bonchev–Trinajstić information content (AvgIpc) is 2.96. The minimum atomic E-state index is -0.516. The summed E-state index contributed by atoms with van der Waals surface area (Å²) in [6, 6.07) is 11.5. The van der Waals surface area contributed by atoms with Gasteiger partial charge in [-0.15, -0.1) is 0 Å². The van der Waals surface area contributed by atoms with Gasteiger partial charge in [-0.25, -0.2) is 4.98 Å². The second-order valence-electron chi connectivity index (χ2n) is 6.99. The van der Waals surface area contributed by atoms with Crippen molar-refractivity contribution in [3.8, 4) is 5.88 Å². The van der Waals surface area contributed by atoms with Gasteiger partial charge in [0.05, 0.1) is 12.0 Å². The number of halogens is 1. The molecule has 1 atom stereocenters. The summed E-state index contributed by atoms with van der Waals surface area (Å²) in [5.74, 6) is 0.337. The number of para-hydroxylation sites is 1. The van der Waals surface area contributed by atoms with Crippen molar-refractivity contribution in [2.75, 3.05) is 6.61 Å². The molecule has 2 N–H and O–H groups in total. The Morgan fingerprint density at radius 1 is 1.30 bits per heavy atom. The van der Waals surface area contributed by atoms with E-state index in [0.29, 0.717) is 23.9 Å². The van der Waals surface area contributed by atoms with Crippen LogP contribution in [0.15, 0.2) is 42.6 Å². The molecule has 1 amide bonds. The number of carbonyl (C=O) groups excluding carboxylic acids is 1. The molecule has 0 aliphatic carbocycles. The minimum absolute atomic E-state index is 0.0390. The first-order valence-electron chi connectivity index (χ1n) is 9.02. The number of aromatic amines is 1. The molecule has 3 rings (SSSR count). The molecule has 0 spiro atoms. The number of aryl methyl sites for hydroxylation is 1. The predicted molar refractivity (Wildman–Crippen MR) is 108 cm³/mol. The summed E-state index contributed by atoms with van der Waals surface area (Å²) in [4.78, 5) is 20.2. The Kier molecular flexibility index (Phi) is 5.71. The smallest absolute Gasteiger partial charge is 0.232 e. The molecule has 6 heteroatoms. The molecule has 142 valence electrons. The standard InChI is InChI=1S/C21H24ClN3O2/c1-4-21(3,13-27-20-17(22)9-7-11-23-20)25-19(26)12-16-14(2)24-18-10-6-5-8-15(16)18/h5-11,24H,4,12-13H2,1-3H3,(H,25,26). The Labute approximate surface area is 164 Å². The zero-order valence-electron chi connectivity index (χ0n) is 15.8. The van der Waals surface area contributed by atoms with E-state index >= 15 is 0 Å². The van der Waals surface area contributed by atoms with E-state index in [2.05, 4.69) is 15.3 Å². The Hall–Kier alpha value is -2.53. The van der Waals surface area contributed by atoms with Crippen LogP contribution in [0.5, 0.6) is 5.88 Å². The van der Waals surface area contributed by atoms with Crippen molar-refractivity contribution in [2.24, 2.45) is 0 Å². The maximum absolute atomic E-state index is 12.7. The number of rotatable bonds is 7. The highest BCUT2D eigenvalue weighted by atomic mass is 35.5. The van der Waals surface area contributed by atoms with Crippen LogP contribution in [0.25, 0.3) is 10.9 Å². The highest BCUT2D eigenvalue weighted by Crippen LogP contribution is 2.24. The fourth-order valence-corrected chi connectivity index (χ4v) is 3.21. The van der Waals surface area contributed by atoms with Crippen molar-refractivity contribution in [2.45, 2.75) is 39.2 Å². The lowest BCUT2D eigenvalue weighted by Gasteiger charge is -2.29. The van der Waals surface area contributed by atoms with E-state index in [4.69, 9.17) is 16.3 Å². The number of nitrogens with zero attached hydrogens (tertiary/aromatic N) is 1. The summed E-state index contributed by atoms with van der Waals surface area (Å²) in [5.41, 5.74) is 2.57. The van der Waals surface area contributed by atoms with Gasteiger partial charge in [0.25, 0.3) is 0 Å². The molecule has 3 aromatic rings. The van der Waals surface area contributed by atoms with Crippen LogP contribution in [0, 0.1) is 6.92 Å². The summed E-state index contributed by atoms with van der Waals surface area (Å²) >= 11 is 6.09. The van der Waals surface area contributed by atoms with Gasteiger partial charge in [-0.05, 0) is 44.0 Å². The van der Waals surface area contributed by atoms with Crippen LogP contribution in [0.4, 0.5) is 0 Å². The molecular weight excluding hydrogens is 362 g/mol. The second-order valence-corrected chi connectivity index (χ2v) is 7.40. The van der Waals surface area contributed by atoms with Gasteiger partial charge in [0.15, 0.2) is 0 Å². The molecule has 2 aromatic heterocycles. The monoisotopic (exact) mass is 385 g/mol. The number of pyridine rings is 1. The van der Waals surface area contributed by atoms with Gasteiger partial charge < -0.3 is 15.0 Å². The number of aromatic nitrogens is 2. The number of benzene rings is 1. The number of H-pyrrole nitrogens is 1. The number of nitrogens with one attached hydrogen (secondary N) is 2. The van der Waals surface area contributed by atoms with Crippen LogP contribution in [0.3, 0.4) is 0 Å². The van der Waals surface area contributed by atoms with E-state index in [1.807, 2.05) is 45.0 Å². The highest BCUT2D eigenvalue weighted by molar-refractivity contribution is 6.31. The predicted octanol–water partition coefficient (Wildman–Crippen LogP) is 4.43. The SMILES string of the molecule is CCC(C)(COc1ncccc1Cl)NC(=O)Cc1c(C)[nH]c2ccccc12. The molecule has 0 aliphatic rings. The fourth-order valence-electron chi connectivity index (χ4n) is 3.04. The zero-order valence-corrected chi connectivity index (χ0v) is 16.6. The Bertz CT molecular complexity index is 954. The van der Waals surface area contributed by atoms with E-state index in [-0.39, 0.29) is 5.91 Å². The summed E-state index contributed by atoms with van der Waals surface area (Å²) in [6.07, 6.45) is 2.66. The molecule has 0 aliphatic heterocycles. The van der Waals surface area contributed by atoms with Crippen LogP contribution in [0.2, 0.25) is 5.02 Å². The molecule has 0 fully saturated rings. The lowest BCUT2D eigenvalue weighted by Crippen LogP contribution is -2.50. The van der Waals surface area contributed by atoms with Gasteiger partial charge in [0, 0.05) is 22.8 Å². The van der Waals surface area contributed by atoms with E-state index in [1.165, 1.54) is 0 Å². The number of hydrogen-bond acceptors (Lipinski definition) is 3. The van der Waals surface area contributed by atoms with Gasteiger partial charge in [-0.1, -0.05) is 36.7 Å². The van der Waals surface area contributed by atoms with E-state index in [1.54, 1.807) is 18.3 Å². The van der Waals surface area contributed by atoms with Crippen LogP contribution in [-0.4, -0.2) is 28.0 Å². The summed E-state index contributed by atoms with van der Waals surface area (Å²) in [6.45, 7) is 6.26. The van der Waals surface area contributed by atoms with Crippen molar-refractivity contribution in [1.82, 2.24) is 15.3 Å². The van der Waals surface area contributed by atoms with Crippen LogP contribution in [-0.2, 0) is 11.2 Å². The molecular formula is C21H24ClN3O2. The van der Waals surface area contributed by atoms with Gasteiger partial charge in [0.1, 0.15) is 11.6 Å². The molecule has 2 heterocycles. The summed E-state index contributed by atoms with van der Waals surface area (Å²) < 4.78 is 5.76. The molecule has 5 nitrogen and oxygen atoms in total. The minimum Gasteiger partial charge on any atom is -0.474 e. The summed E-state index contributed by atoms with van der Waals surface area (Å²) in [5, 5.41) is 4.65. The quantitative estimate of drug-likeness (QED) is 0.632. The lowest BCUT2D eigenvalue weighted by atomic mass is 9.99. The van der Waals surface area contributed by atoms with Crippen molar-refractivity contribution >= 4 is 28.4 Å². The molecule has 0 radical (unpaired) electrons. The molecule has 1 aromatic carbocycles. The largest absolute Gasteiger partial charge is 0.474 e. The number of ether oxygens (including phenoxy) is 1. The Morgan fingerprint density at radius 2 is 2.07 bits per heavy atom. The number of carbonyl (C=O) groups is 1. The van der Waals surface area contributed by atoms with Gasteiger partial charge in [-0.3, -0.25) is 4.79 Å². The summed E-state index contributed by atoms with van der Waals surface area (Å²) in [7, 11) is 0. The Balaban J connectivity index is 1.68. The molecule has 1 unspecified atom stereocenters. The van der Waals surface area contributed by atoms with Crippen molar-refractivity contribution in [1.29, 1.82) is 0 Å². The first kappa shape index (κ1) is 19.2. The third-order valence-corrected chi connectivity index (χ3v) is 5.13. The van der Waals surface area contributed by atoms with E-state index < -0.39 is 5.54 Å². The highest BCUT2D eigenvalue weighted by Gasteiger charge is 2.26. The van der Waals surface area contributed by atoms with Crippen LogP contribution in [0.1, 0.15) is 31.5 Å². The maximum Gasteiger partial charge on any atom is 0.232 e. The van der Waals surface area contributed by atoms with Crippen molar-refractivity contribution < 1.29 is 9.53 Å². The molecule has 0 bridgehead atoms. The fraction of sp³-hybridized carbons (Fsp3) is 0.333.